The van der Waals surface area contributed by atoms with E-state index in [-0.39, 0.29) is 50.2 Å². The SMILES string of the molecule is C#CCOCC(COc1ccc(C(C)(C)c2ccc(OCC(C)COC(=O)CN)cc2)cc1)OC(=O)CCl. The lowest BCUT2D eigenvalue weighted by Gasteiger charge is -2.27. The van der Waals surface area contributed by atoms with Crippen LogP contribution in [0.3, 0.4) is 0 Å². The van der Waals surface area contributed by atoms with Gasteiger partial charge in [-0.25, -0.2) is 0 Å². The van der Waals surface area contributed by atoms with Gasteiger partial charge in [0.1, 0.15) is 30.6 Å². The van der Waals surface area contributed by atoms with Gasteiger partial charge in [0.15, 0.2) is 6.10 Å². The van der Waals surface area contributed by atoms with E-state index in [1.807, 2.05) is 55.5 Å². The van der Waals surface area contributed by atoms with Crippen LogP contribution in [-0.4, -0.2) is 63.5 Å². The highest BCUT2D eigenvalue weighted by Crippen LogP contribution is 2.33. The standard InChI is InChI=1S/C29H36ClNO7/c1-5-14-34-19-26(38-27(32)15-30)20-36-25-12-8-23(9-13-25)29(3,4)22-6-10-24(11-7-22)35-17-21(2)18-37-28(33)16-31/h1,6-13,21,26H,14-20,31H2,2-4H3. The number of hydrogen-bond acceptors (Lipinski definition) is 8. The molecule has 0 spiro atoms. The van der Waals surface area contributed by atoms with Crippen molar-refractivity contribution in [1.29, 1.82) is 0 Å². The van der Waals surface area contributed by atoms with Crippen molar-refractivity contribution < 1.29 is 33.3 Å². The van der Waals surface area contributed by atoms with E-state index in [2.05, 4.69) is 19.8 Å². The molecule has 8 nitrogen and oxygen atoms in total. The quantitative estimate of drug-likeness (QED) is 0.147. The fourth-order valence-corrected chi connectivity index (χ4v) is 3.52. The Bertz CT molecular complexity index is 1050. The summed E-state index contributed by atoms with van der Waals surface area (Å²) in [5.74, 6) is 2.54. The number of carbonyl (C=O) groups is 2. The van der Waals surface area contributed by atoms with E-state index in [0.717, 1.165) is 16.9 Å². The molecule has 2 atom stereocenters. The van der Waals surface area contributed by atoms with E-state index in [1.54, 1.807) is 0 Å². The van der Waals surface area contributed by atoms with Crippen molar-refractivity contribution in [2.24, 2.45) is 11.7 Å². The van der Waals surface area contributed by atoms with Crippen molar-refractivity contribution in [2.75, 3.05) is 45.5 Å². The Labute approximate surface area is 229 Å². The van der Waals surface area contributed by atoms with Gasteiger partial charge in [0.25, 0.3) is 0 Å². The van der Waals surface area contributed by atoms with Gasteiger partial charge in [0.2, 0.25) is 0 Å². The number of rotatable bonds is 16. The number of carbonyl (C=O) groups excluding carboxylic acids is 2. The molecule has 0 saturated heterocycles. The molecule has 0 fully saturated rings. The summed E-state index contributed by atoms with van der Waals surface area (Å²) in [6, 6.07) is 15.7. The van der Waals surface area contributed by atoms with Gasteiger partial charge in [-0.05, 0) is 35.4 Å². The van der Waals surface area contributed by atoms with Crippen molar-refractivity contribution in [3.63, 3.8) is 0 Å². The highest BCUT2D eigenvalue weighted by atomic mass is 35.5. The minimum Gasteiger partial charge on any atom is -0.493 e. The van der Waals surface area contributed by atoms with Gasteiger partial charge in [-0.1, -0.05) is 51.0 Å². The lowest BCUT2D eigenvalue weighted by Crippen LogP contribution is -2.30. The fourth-order valence-electron chi connectivity index (χ4n) is 3.46. The summed E-state index contributed by atoms with van der Waals surface area (Å²) in [7, 11) is 0. The predicted octanol–water partition coefficient (Wildman–Crippen LogP) is 3.71. The van der Waals surface area contributed by atoms with Gasteiger partial charge in [-0.3, -0.25) is 9.59 Å². The molecule has 0 amide bonds. The average Bonchev–Trinajstić information content (AvgIpc) is 2.93. The van der Waals surface area contributed by atoms with Crippen molar-refractivity contribution in [3.05, 3.63) is 59.7 Å². The zero-order chi connectivity index (χ0) is 28.0. The monoisotopic (exact) mass is 545 g/mol. The Morgan fingerprint density at radius 2 is 1.47 bits per heavy atom. The van der Waals surface area contributed by atoms with E-state index in [1.165, 1.54) is 0 Å². The number of nitrogens with two attached hydrogens (primary N) is 1. The van der Waals surface area contributed by atoms with E-state index >= 15 is 0 Å². The largest absolute Gasteiger partial charge is 0.493 e. The predicted molar refractivity (Wildman–Crippen MR) is 145 cm³/mol. The van der Waals surface area contributed by atoms with Gasteiger partial charge in [-0.15, -0.1) is 18.0 Å². The molecule has 0 aliphatic carbocycles. The second kappa shape index (κ2) is 15.9. The lowest BCUT2D eigenvalue weighted by atomic mass is 9.78. The zero-order valence-corrected chi connectivity index (χ0v) is 22.9. The number of benzene rings is 2. The molecule has 0 aromatic heterocycles. The van der Waals surface area contributed by atoms with Crippen LogP contribution in [-0.2, 0) is 29.2 Å². The number of alkyl halides is 1. The molecule has 2 aromatic carbocycles. The number of halogens is 1. The molecule has 2 rings (SSSR count). The van der Waals surface area contributed by atoms with Crippen LogP contribution in [0.15, 0.2) is 48.5 Å². The number of hydrogen-bond donors (Lipinski definition) is 1. The van der Waals surface area contributed by atoms with Crippen LogP contribution in [0.5, 0.6) is 11.5 Å². The maximum atomic E-state index is 11.6. The Balaban J connectivity index is 1.94. The molecule has 9 heteroatoms. The Kier molecular flexibility index (Phi) is 12.9. The summed E-state index contributed by atoms with van der Waals surface area (Å²) in [6.07, 6.45) is 4.57. The second-order valence-electron chi connectivity index (χ2n) is 9.25. The zero-order valence-electron chi connectivity index (χ0n) is 22.1. The molecule has 0 saturated carbocycles. The first-order valence-corrected chi connectivity index (χ1v) is 12.8. The first kappa shape index (κ1) is 31.0. The molecule has 2 aromatic rings. The van der Waals surface area contributed by atoms with Crippen molar-refractivity contribution in [3.8, 4) is 23.8 Å². The summed E-state index contributed by atoms with van der Waals surface area (Å²) in [5.41, 5.74) is 7.18. The molecular weight excluding hydrogens is 510 g/mol. The number of ether oxygens (including phenoxy) is 5. The highest BCUT2D eigenvalue weighted by molar-refractivity contribution is 6.26. The van der Waals surface area contributed by atoms with Crippen LogP contribution in [0.4, 0.5) is 0 Å². The molecule has 38 heavy (non-hydrogen) atoms. The van der Waals surface area contributed by atoms with Gasteiger partial charge in [-0.2, -0.15) is 0 Å². The van der Waals surface area contributed by atoms with E-state index in [4.69, 9.17) is 47.4 Å². The fraction of sp³-hybridized carbons (Fsp3) is 0.448. The Morgan fingerprint density at radius 3 is 1.97 bits per heavy atom. The maximum absolute atomic E-state index is 11.6. The van der Waals surface area contributed by atoms with E-state index in [9.17, 15) is 9.59 Å². The Morgan fingerprint density at radius 1 is 0.921 bits per heavy atom. The third-order valence-electron chi connectivity index (χ3n) is 5.71. The van der Waals surface area contributed by atoms with Crippen LogP contribution < -0.4 is 15.2 Å². The molecule has 0 radical (unpaired) electrons. The third-order valence-corrected chi connectivity index (χ3v) is 5.93. The van der Waals surface area contributed by atoms with Gasteiger partial charge < -0.3 is 29.4 Å². The summed E-state index contributed by atoms with van der Waals surface area (Å²) in [5, 5.41) is 0. The second-order valence-corrected chi connectivity index (χ2v) is 9.52. The first-order chi connectivity index (χ1) is 18.2. The molecule has 0 bridgehead atoms. The summed E-state index contributed by atoms with van der Waals surface area (Å²) in [4.78, 5) is 22.8. The molecule has 0 heterocycles. The highest BCUT2D eigenvalue weighted by Gasteiger charge is 2.23. The summed E-state index contributed by atoms with van der Waals surface area (Å²) >= 11 is 5.53. The van der Waals surface area contributed by atoms with Crippen LogP contribution in [0.2, 0.25) is 0 Å². The number of terminal acetylenes is 1. The molecule has 2 unspecified atom stereocenters. The normalized spacial score (nSPS) is 12.6. The van der Waals surface area contributed by atoms with Crippen LogP contribution in [0.1, 0.15) is 31.9 Å². The van der Waals surface area contributed by atoms with E-state index in [0.29, 0.717) is 12.4 Å². The smallest absolute Gasteiger partial charge is 0.321 e. The lowest BCUT2D eigenvalue weighted by molar-refractivity contribution is -0.150. The topological polar surface area (TPSA) is 106 Å². The third kappa shape index (κ3) is 10.3. The maximum Gasteiger partial charge on any atom is 0.321 e. The van der Waals surface area contributed by atoms with Gasteiger partial charge in [0.05, 0.1) is 26.4 Å². The average molecular weight is 546 g/mol. The van der Waals surface area contributed by atoms with Crippen LogP contribution in [0.25, 0.3) is 0 Å². The Hall–Kier alpha value is -3.25. The van der Waals surface area contributed by atoms with Gasteiger partial charge in [0, 0.05) is 11.3 Å². The molecule has 2 N–H and O–H groups in total. The van der Waals surface area contributed by atoms with E-state index < -0.39 is 18.0 Å². The minimum atomic E-state index is -0.629. The van der Waals surface area contributed by atoms with Crippen molar-refractivity contribution in [2.45, 2.75) is 32.3 Å². The van der Waals surface area contributed by atoms with Crippen molar-refractivity contribution >= 4 is 23.5 Å². The van der Waals surface area contributed by atoms with Crippen molar-refractivity contribution in [1.82, 2.24) is 0 Å². The minimum absolute atomic E-state index is 0.0421. The van der Waals surface area contributed by atoms with Gasteiger partial charge >= 0.3 is 11.9 Å². The van der Waals surface area contributed by atoms with Crippen LogP contribution >= 0.6 is 11.6 Å². The first-order valence-electron chi connectivity index (χ1n) is 12.3. The molecule has 0 aliphatic heterocycles. The number of esters is 2. The molecular formula is C29H36ClNO7. The molecule has 0 aliphatic rings. The van der Waals surface area contributed by atoms with Crippen LogP contribution in [0, 0.1) is 18.3 Å². The summed E-state index contributed by atoms with van der Waals surface area (Å²) < 4.78 is 27.2. The summed E-state index contributed by atoms with van der Waals surface area (Å²) in [6.45, 7) is 7.09. The molecule has 206 valence electrons.